The number of rotatable bonds is 8. The van der Waals surface area contributed by atoms with Crippen LogP contribution >= 0.6 is 11.8 Å². The van der Waals surface area contributed by atoms with Gasteiger partial charge in [-0.3, -0.25) is 14.3 Å². The number of nitrogens with zero attached hydrogens (tertiary/aromatic N) is 5. The van der Waals surface area contributed by atoms with Crippen molar-refractivity contribution in [3.63, 3.8) is 0 Å². The normalized spacial score (nSPS) is 10.9. The fraction of sp³-hybridized carbons (Fsp3) is 0.217. The Morgan fingerprint density at radius 3 is 2.50 bits per heavy atom. The van der Waals surface area contributed by atoms with Crippen molar-refractivity contribution in [3.05, 3.63) is 82.3 Å². The van der Waals surface area contributed by atoms with E-state index in [0.717, 1.165) is 0 Å². The maximum absolute atomic E-state index is 13.0. The smallest absolute Gasteiger partial charge is 0.295 e. The molecule has 0 radical (unpaired) electrons. The van der Waals surface area contributed by atoms with Gasteiger partial charge in [0.15, 0.2) is 11.0 Å². The molecule has 2 heterocycles. The minimum absolute atomic E-state index is 0.0455. The molecule has 0 fully saturated rings. The van der Waals surface area contributed by atoms with Crippen molar-refractivity contribution in [2.75, 3.05) is 11.1 Å². The first-order valence-corrected chi connectivity index (χ1v) is 11.4. The average Bonchev–Trinajstić information content (AvgIpc) is 3.29. The van der Waals surface area contributed by atoms with Gasteiger partial charge in [0.25, 0.3) is 5.56 Å². The Labute approximate surface area is 199 Å². The lowest BCUT2D eigenvalue weighted by atomic mass is 10.3. The molecule has 34 heavy (non-hydrogen) atoms. The predicted octanol–water partition coefficient (Wildman–Crippen LogP) is 3.06. The van der Waals surface area contributed by atoms with E-state index < -0.39 is 0 Å². The summed E-state index contributed by atoms with van der Waals surface area (Å²) in [5.74, 6) is 0.439. The number of para-hydroxylation sites is 1. The van der Waals surface area contributed by atoms with Crippen LogP contribution in [0.25, 0.3) is 5.69 Å². The zero-order valence-electron chi connectivity index (χ0n) is 18.9. The molecule has 9 nitrogen and oxygen atoms in total. The highest BCUT2D eigenvalue weighted by Gasteiger charge is 2.19. The van der Waals surface area contributed by atoms with Gasteiger partial charge in [0, 0.05) is 14.1 Å². The largest absolute Gasteiger partial charge is 0.486 e. The molecule has 0 bridgehead atoms. The summed E-state index contributed by atoms with van der Waals surface area (Å²) in [7, 11) is 3.53. The lowest BCUT2D eigenvalue weighted by Gasteiger charge is -2.07. The summed E-state index contributed by atoms with van der Waals surface area (Å²) in [6, 6.07) is 14.9. The Morgan fingerprint density at radius 2 is 1.79 bits per heavy atom. The van der Waals surface area contributed by atoms with Gasteiger partial charge in [0.2, 0.25) is 5.91 Å². The lowest BCUT2D eigenvalue weighted by molar-refractivity contribution is -0.113. The maximum atomic E-state index is 13.0. The Morgan fingerprint density at radius 1 is 1.09 bits per heavy atom. The number of aromatic nitrogens is 5. The average molecular weight is 483 g/mol. The van der Waals surface area contributed by atoms with Crippen LogP contribution in [-0.4, -0.2) is 35.8 Å². The minimum Gasteiger partial charge on any atom is -0.486 e. The summed E-state index contributed by atoms with van der Waals surface area (Å²) in [5.41, 5.74) is 1.29. The Balaban J connectivity index is 1.38. The molecular weight excluding hydrogens is 459 g/mol. The summed E-state index contributed by atoms with van der Waals surface area (Å²) in [5, 5.41) is 11.4. The van der Waals surface area contributed by atoms with E-state index in [1.165, 1.54) is 40.7 Å². The minimum atomic E-state index is -0.340. The molecule has 0 unspecified atom stereocenters. The van der Waals surface area contributed by atoms with Gasteiger partial charge in [-0.2, -0.15) is 0 Å². The summed E-state index contributed by atoms with van der Waals surface area (Å²) in [4.78, 5) is 25.5. The van der Waals surface area contributed by atoms with Crippen LogP contribution in [0.3, 0.4) is 0 Å². The van der Waals surface area contributed by atoms with Crippen molar-refractivity contribution >= 4 is 23.4 Å². The Hall–Kier alpha value is -3.86. The standard InChI is InChI=1S/C23H23FN6O3S/c1-15-21(22(32)30(29(15)3)17-7-5-4-6-8-17)25-20(31)14-34-23-27-26-19(28(23)2)13-33-18-11-9-16(24)10-12-18/h4-12H,13-14H2,1-3H3,(H,25,31). The van der Waals surface area contributed by atoms with Gasteiger partial charge in [-0.15, -0.1) is 10.2 Å². The third kappa shape index (κ3) is 4.88. The van der Waals surface area contributed by atoms with Crippen LogP contribution in [0.15, 0.2) is 64.5 Å². The van der Waals surface area contributed by atoms with E-state index in [1.807, 2.05) is 30.3 Å². The molecule has 11 heteroatoms. The molecule has 0 saturated carbocycles. The molecule has 1 N–H and O–H groups in total. The highest BCUT2D eigenvalue weighted by Crippen LogP contribution is 2.19. The molecule has 4 rings (SSSR count). The van der Waals surface area contributed by atoms with Crippen molar-refractivity contribution < 1.29 is 13.9 Å². The first kappa shape index (κ1) is 23.3. The van der Waals surface area contributed by atoms with Crippen LogP contribution in [0.1, 0.15) is 11.5 Å². The lowest BCUT2D eigenvalue weighted by Crippen LogP contribution is -2.23. The van der Waals surface area contributed by atoms with Gasteiger partial charge >= 0.3 is 0 Å². The van der Waals surface area contributed by atoms with Gasteiger partial charge in [0.1, 0.15) is 23.9 Å². The SMILES string of the molecule is Cc1c(NC(=O)CSc2nnc(COc3ccc(F)cc3)n2C)c(=O)n(-c2ccccc2)n1C. The van der Waals surface area contributed by atoms with E-state index in [2.05, 4.69) is 15.5 Å². The molecule has 2 aromatic carbocycles. The van der Waals surface area contributed by atoms with Crippen molar-refractivity contribution in [3.8, 4) is 11.4 Å². The van der Waals surface area contributed by atoms with E-state index in [4.69, 9.17) is 4.74 Å². The van der Waals surface area contributed by atoms with E-state index >= 15 is 0 Å². The second kappa shape index (κ2) is 9.96. The summed E-state index contributed by atoms with van der Waals surface area (Å²) >= 11 is 1.19. The highest BCUT2D eigenvalue weighted by atomic mass is 32.2. The van der Waals surface area contributed by atoms with E-state index in [-0.39, 0.29) is 35.3 Å². The van der Waals surface area contributed by atoms with Crippen LogP contribution in [-0.2, 0) is 25.5 Å². The number of anilines is 1. The number of amides is 1. The summed E-state index contributed by atoms with van der Waals surface area (Å²) in [6.07, 6.45) is 0. The van der Waals surface area contributed by atoms with Crippen LogP contribution in [0.5, 0.6) is 5.75 Å². The fourth-order valence-electron chi connectivity index (χ4n) is 3.29. The molecule has 0 saturated heterocycles. The highest BCUT2D eigenvalue weighted by molar-refractivity contribution is 7.99. The van der Waals surface area contributed by atoms with Crippen molar-refractivity contribution in [1.82, 2.24) is 24.1 Å². The second-order valence-electron chi connectivity index (χ2n) is 7.47. The first-order valence-electron chi connectivity index (χ1n) is 10.4. The van der Waals surface area contributed by atoms with Gasteiger partial charge in [-0.05, 0) is 43.3 Å². The molecular formula is C23H23FN6O3S. The molecule has 0 atom stereocenters. The van der Waals surface area contributed by atoms with Gasteiger partial charge in [-0.25, -0.2) is 9.07 Å². The van der Waals surface area contributed by atoms with Crippen LogP contribution in [0, 0.1) is 12.7 Å². The fourth-order valence-corrected chi connectivity index (χ4v) is 4.02. The topological polar surface area (TPSA) is 96.0 Å². The molecule has 2 aromatic heterocycles. The van der Waals surface area contributed by atoms with E-state index in [0.29, 0.717) is 28.1 Å². The van der Waals surface area contributed by atoms with Crippen LogP contribution in [0.4, 0.5) is 10.1 Å². The number of ether oxygens (including phenoxy) is 1. The third-order valence-corrected chi connectivity index (χ3v) is 6.28. The number of thioether (sulfide) groups is 1. The van der Waals surface area contributed by atoms with Crippen molar-refractivity contribution in [1.29, 1.82) is 0 Å². The van der Waals surface area contributed by atoms with Crippen LogP contribution < -0.4 is 15.6 Å². The first-order chi connectivity index (χ1) is 16.3. The van der Waals surface area contributed by atoms with Crippen LogP contribution in [0.2, 0.25) is 0 Å². The molecule has 0 aliphatic heterocycles. The zero-order valence-corrected chi connectivity index (χ0v) is 19.7. The van der Waals surface area contributed by atoms with Crippen molar-refractivity contribution in [2.45, 2.75) is 18.7 Å². The number of carbonyl (C=O) groups is 1. The number of carbonyl (C=O) groups excluding carboxylic acids is 1. The molecule has 0 aliphatic rings. The number of nitrogens with one attached hydrogen (secondary N) is 1. The molecule has 1 amide bonds. The molecule has 0 aliphatic carbocycles. The zero-order chi connectivity index (χ0) is 24.2. The van der Waals surface area contributed by atoms with Gasteiger partial charge in [0.05, 0.1) is 17.1 Å². The molecule has 4 aromatic rings. The monoisotopic (exact) mass is 482 g/mol. The molecule has 0 spiro atoms. The summed E-state index contributed by atoms with van der Waals surface area (Å²) in [6.45, 7) is 1.92. The number of hydrogen-bond donors (Lipinski definition) is 1. The Bertz CT molecular complexity index is 1360. The predicted molar refractivity (Wildman–Crippen MR) is 127 cm³/mol. The third-order valence-electron chi connectivity index (χ3n) is 5.26. The molecule has 176 valence electrons. The van der Waals surface area contributed by atoms with Gasteiger partial charge in [-0.1, -0.05) is 30.0 Å². The van der Waals surface area contributed by atoms with Gasteiger partial charge < -0.3 is 14.6 Å². The second-order valence-corrected chi connectivity index (χ2v) is 8.42. The quantitative estimate of drug-likeness (QED) is 0.388. The number of benzene rings is 2. The van der Waals surface area contributed by atoms with Crippen molar-refractivity contribution in [2.24, 2.45) is 14.1 Å². The number of halogens is 1. The van der Waals surface area contributed by atoms with E-state index in [9.17, 15) is 14.0 Å². The maximum Gasteiger partial charge on any atom is 0.295 e. The van der Waals surface area contributed by atoms with E-state index in [1.54, 1.807) is 30.3 Å². The Kier molecular flexibility index (Phi) is 6.82. The number of hydrogen-bond acceptors (Lipinski definition) is 6. The summed E-state index contributed by atoms with van der Waals surface area (Å²) < 4.78 is 23.5.